The van der Waals surface area contributed by atoms with E-state index in [1.807, 2.05) is 24.3 Å². The Hall–Kier alpha value is -1.53. The standard InChI is InChI=1S/C14H21N3/c1-4-16(3)10-11-17(5-2)14-8-6-13(12-15)7-9-14/h6-9H,4-5,10-11H2,1-3H3. The summed E-state index contributed by atoms with van der Waals surface area (Å²) in [5.41, 5.74) is 1.91. The zero-order chi connectivity index (χ0) is 12.7. The number of benzene rings is 1. The van der Waals surface area contributed by atoms with Crippen LogP contribution in [-0.2, 0) is 0 Å². The molecule has 0 saturated heterocycles. The minimum atomic E-state index is 0.718. The van der Waals surface area contributed by atoms with E-state index in [-0.39, 0.29) is 0 Å². The summed E-state index contributed by atoms with van der Waals surface area (Å²) in [5, 5.41) is 8.76. The van der Waals surface area contributed by atoms with E-state index in [4.69, 9.17) is 5.26 Å². The number of nitriles is 1. The summed E-state index contributed by atoms with van der Waals surface area (Å²) in [4.78, 5) is 4.62. The maximum atomic E-state index is 8.76. The van der Waals surface area contributed by atoms with Gasteiger partial charge in [0, 0.05) is 25.3 Å². The van der Waals surface area contributed by atoms with Gasteiger partial charge in [0.15, 0.2) is 0 Å². The van der Waals surface area contributed by atoms with Crippen LogP contribution in [0.1, 0.15) is 19.4 Å². The lowest BCUT2D eigenvalue weighted by Crippen LogP contribution is -2.33. The van der Waals surface area contributed by atoms with E-state index in [0.717, 1.165) is 31.7 Å². The quantitative estimate of drug-likeness (QED) is 0.753. The second kappa shape index (κ2) is 6.93. The van der Waals surface area contributed by atoms with Gasteiger partial charge in [-0.2, -0.15) is 5.26 Å². The molecule has 1 rings (SSSR count). The monoisotopic (exact) mass is 231 g/mol. The molecule has 0 amide bonds. The average molecular weight is 231 g/mol. The molecule has 0 unspecified atom stereocenters. The molecule has 1 aromatic carbocycles. The van der Waals surface area contributed by atoms with Gasteiger partial charge in [-0.05, 0) is 44.8 Å². The molecule has 3 heteroatoms. The molecule has 0 saturated carbocycles. The molecule has 0 aromatic heterocycles. The Morgan fingerprint density at radius 2 is 1.71 bits per heavy atom. The van der Waals surface area contributed by atoms with Gasteiger partial charge >= 0.3 is 0 Å². The molecule has 17 heavy (non-hydrogen) atoms. The van der Waals surface area contributed by atoms with Crippen LogP contribution in [0.25, 0.3) is 0 Å². The van der Waals surface area contributed by atoms with Crippen molar-refractivity contribution in [3.05, 3.63) is 29.8 Å². The van der Waals surface area contributed by atoms with Crippen molar-refractivity contribution in [2.45, 2.75) is 13.8 Å². The van der Waals surface area contributed by atoms with Crippen LogP contribution in [-0.4, -0.2) is 38.1 Å². The molecule has 1 aromatic rings. The van der Waals surface area contributed by atoms with E-state index in [0.29, 0.717) is 0 Å². The molecule has 92 valence electrons. The van der Waals surface area contributed by atoms with Crippen molar-refractivity contribution < 1.29 is 0 Å². The number of likely N-dealkylation sites (N-methyl/N-ethyl adjacent to an activating group) is 2. The molecular weight excluding hydrogens is 210 g/mol. The Morgan fingerprint density at radius 3 is 2.18 bits per heavy atom. The average Bonchev–Trinajstić information content (AvgIpc) is 2.39. The number of anilines is 1. The van der Waals surface area contributed by atoms with Crippen LogP contribution in [0, 0.1) is 11.3 Å². The Morgan fingerprint density at radius 1 is 1.06 bits per heavy atom. The highest BCUT2D eigenvalue weighted by Gasteiger charge is 2.05. The second-order valence-electron chi connectivity index (χ2n) is 4.13. The highest BCUT2D eigenvalue weighted by Crippen LogP contribution is 2.14. The number of rotatable bonds is 6. The van der Waals surface area contributed by atoms with E-state index >= 15 is 0 Å². The Labute approximate surface area is 104 Å². The smallest absolute Gasteiger partial charge is 0.0991 e. The van der Waals surface area contributed by atoms with Gasteiger partial charge < -0.3 is 9.80 Å². The van der Waals surface area contributed by atoms with E-state index in [9.17, 15) is 0 Å². The topological polar surface area (TPSA) is 30.3 Å². The number of hydrogen-bond acceptors (Lipinski definition) is 3. The predicted molar refractivity (Wildman–Crippen MR) is 72.2 cm³/mol. The van der Waals surface area contributed by atoms with Gasteiger partial charge in [0.25, 0.3) is 0 Å². The van der Waals surface area contributed by atoms with Crippen LogP contribution >= 0.6 is 0 Å². The minimum Gasteiger partial charge on any atom is -0.371 e. The predicted octanol–water partition coefficient (Wildman–Crippen LogP) is 2.34. The lowest BCUT2D eigenvalue weighted by molar-refractivity contribution is 0.359. The molecule has 0 heterocycles. The highest BCUT2D eigenvalue weighted by atomic mass is 15.2. The van der Waals surface area contributed by atoms with Gasteiger partial charge in [0.2, 0.25) is 0 Å². The minimum absolute atomic E-state index is 0.718. The van der Waals surface area contributed by atoms with Gasteiger partial charge in [-0.25, -0.2) is 0 Å². The number of hydrogen-bond donors (Lipinski definition) is 0. The Kier molecular flexibility index (Phi) is 5.51. The summed E-state index contributed by atoms with van der Waals surface area (Å²) in [7, 11) is 2.13. The molecule has 0 radical (unpaired) electrons. The van der Waals surface area contributed by atoms with Gasteiger partial charge in [-0.15, -0.1) is 0 Å². The highest BCUT2D eigenvalue weighted by molar-refractivity contribution is 5.49. The van der Waals surface area contributed by atoms with Crippen LogP contribution < -0.4 is 4.90 Å². The largest absolute Gasteiger partial charge is 0.371 e. The second-order valence-corrected chi connectivity index (χ2v) is 4.13. The van der Waals surface area contributed by atoms with Gasteiger partial charge in [0.1, 0.15) is 0 Å². The molecule has 0 bridgehead atoms. The van der Waals surface area contributed by atoms with E-state index in [2.05, 4.69) is 36.8 Å². The maximum absolute atomic E-state index is 8.76. The molecular formula is C14H21N3. The van der Waals surface area contributed by atoms with Crippen molar-refractivity contribution in [3.8, 4) is 6.07 Å². The normalized spacial score (nSPS) is 10.3. The summed E-state index contributed by atoms with van der Waals surface area (Å²) in [6.45, 7) is 8.47. The molecule has 0 fully saturated rings. The summed E-state index contributed by atoms with van der Waals surface area (Å²) in [6, 6.07) is 9.94. The maximum Gasteiger partial charge on any atom is 0.0991 e. The van der Waals surface area contributed by atoms with Crippen molar-refractivity contribution in [2.75, 3.05) is 38.1 Å². The third-order valence-electron chi connectivity index (χ3n) is 3.03. The van der Waals surface area contributed by atoms with Crippen LogP contribution in [0.3, 0.4) is 0 Å². The summed E-state index contributed by atoms with van der Waals surface area (Å²) in [6.07, 6.45) is 0. The van der Waals surface area contributed by atoms with Gasteiger partial charge in [0.05, 0.1) is 11.6 Å². The fourth-order valence-corrected chi connectivity index (χ4v) is 1.67. The van der Waals surface area contributed by atoms with Crippen molar-refractivity contribution >= 4 is 5.69 Å². The molecule has 0 spiro atoms. The fourth-order valence-electron chi connectivity index (χ4n) is 1.67. The van der Waals surface area contributed by atoms with E-state index in [1.165, 1.54) is 5.69 Å². The molecule has 0 N–H and O–H groups in total. The Bertz CT molecular complexity index is 364. The van der Waals surface area contributed by atoms with Crippen LogP contribution in [0.5, 0.6) is 0 Å². The zero-order valence-electron chi connectivity index (χ0n) is 11.0. The summed E-state index contributed by atoms with van der Waals surface area (Å²) in [5.74, 6) is 0. The molecule has 0 aliphatic heterocycles. The first-order chi connectivity index (χ1) is 8.21. The van der Waals surface area contributed by atoms with Gasteiger partial charge in [-0.1, -0.05) is 6.92 Å². The first kappa shape index (κ1) is 13.5. The molecule has 0 atom stereocenters. The summed E-state index contributed by atoms with van der Waals surface area (Å²) < 4.78 is 0. The third-order valence-corrected chi connectivity index (χ3v) is 3.03. The van der Waals surface area contributed by atoms with E-state index < -0.39 is 0 Å². The van der Waals surface area contributed by atoms with Gasteiger partial charge in [-0.3, -0.25) is 0 Å². The third kappa shape index (κ3) is 4.08. The lowest BCUT2D eigenvalue weighted by atomic mass is 10.2. The van der Waals surface area contributed by atoms with Crippen molar-refractivity contribution in [3.63, 3.8) is 0 Å². The van der Waals surface area contributed by atoms with Crippen molar-refractivity contribution in [1.29, 1.82) is 5.26 Å². The van der Waals surface area contributed by atoms with Crippen LogP contribution in [0.4, 0.5) is 5.69 Å². The number of nitrogens with zero attached hydrogens (tertiary/aromatic N) is 3. The van der Waals surface area contributed by atoms with Crippen LogP contribution in [0.15, 0.2) is 24.3 Å². The first-order valence-electron chi connectivity index (χ1n) is 6.14. The molecule has 0 aliphatic rings. The SMILES string of the molecule is CCN(C)CCN(CC)c1ccc(C#N)cc1. The molecule has 0 aliphatic carbocycles. The zero-order valence-corrected chi connectivity index (χ0v) is 11.0. The van der Waals surface area contributed by atoms with Crippen molar-refractivity contribution in [1.82, 2.24) is 4.90 Å². The molecule has 3 nitrogen and oxygen atoms in total. The lowest BCUT2D eigenvalue weighted by Gasteiger charge is -2.25. The van der Waals surface area contributed by atoms with E-state index in [1.54, 1.807) is 0 Å². The van der Waals surface area contributed by atoms with Crippen LogP contribution in [0.2, 0.25) is 0 Å². The fraction of sp³-hybridized carbons (Fsp3) is 0.500. The van der Waals surface area contributed by atoms with Crippen molar-refractivity contribution in [2.24, 2.45) is 0 Å². The summed E-state index contributed by atoms with van der Waals surface area (Å²) >= 11 is 0. The Balaban J connectivity index is 2.63. The first-order valence-corrected chi connectivity index (χ1v) is 6.14.